The van der Waals surface area contributed by atoms with Gasteiger partial charge in [0, 0.05) is 56.5 Å². The molecule has 0 unspecified atom stereocenters. The van der Waals surface area contributed by atoms with Crippen LogP contribution in [0.3, 0.4) is 0 Å². The van der Waals surface area contributed by atoms with Crippen LogP contribution in [0.15, 0.2) is 18.2 Å². The Kier molecular flexibility index (Phi) is 9.57. The third-order valence-corrected chi connectivity index (χ3v) is 9.00. The Hall–Kier alpha value is -2.61. The first-order chi connectivity index (χ1) is 18.7. The number of hydrogen-bond acceptors (Lipinski definition) is 5. The first-order valence-corrected chi connectivity index (χ1v) is 15.0. The maximum absolute atomic E-state index is 13.6. The van der Waals surface area contributed by atoms with E-state index in [1.165, 1.54) is 0 Å². The molecule has 0 aliphatic carbocycles. The van der Waals surface area contributed by atoms with Gasteiger partial charge < -0.3 is 19.6 Å². The number of carbonyl (C=O) groups excluding carboxylic acids is 2. The number of likely N-dealkylation sites (tertiary alicyclic amines) is 2. The van der Waals surface area contributed by atoms with Crippen molar-refractivity contribution in [2.45, 2.75) is 84.6 Å². The van der Waals surface area contributed by atoms with E-state index in [1.807, 2.05) is 35.8 Å². The lowest BCUT2D eigenvalue weighted by Gasteiger charge is -2.31. The van der Waals surface area contributed by atoms with Crippen LogP contribution in [0.4, 0.5) is 0 Å². The maximum atomic E-state index is 13.6. The number of carbonyl (C=O) groups is 3. The molecule has 2 fully saturated rings. The number of amides is 2. The van der Waals surface area contributed by atoms with E-state index < -0.39 is 11.9 Å². The highest BCUT2D eigenvalue weighted by Gasteiger charge is 2.48. The molecule has 3 aliphatic heterocycles. The number of carboxylic acids is 1. The Labute approximate surface area is 233 Å². The number of aliphatic carboxylic acids is 1. The summed E-state index contributed by atoms with van der Waals surface area (Å²) in [5.74, 6) is -0.619. The van der Waals surface area contributed by atoms with Gasteiger partial charge in [0.05, 0.1) is 19.1 Å². The van der Waals surface area contributed by atoms with Crippen molar-refractivity contribution < 1.29 is 24.2 Å². The molecule has 0 spiro atoms. The van der Waals surface area contributed by atoms with Crippen molar-refractivity contribution in [3.63, 3.8) is 0 Å². The van der Waals surface area contributed by atoms with Crippen LogP contribution in [0.25, 0.3) is 0 Å². The predicted molar refractivity (Wildman–Crippen MR) is 151 cm³/mol. The SMILES string of the molecule is CCCCN(CCCC)C(=O)CN1C[C@H](c2ccc3c(c2)CCO3)[C@@H](C(=O)O)[C@@H]1CCN1CCC(C)(C)C1=O. The minimum absolute atomic E-state index is 0.0763. The van der Waals surface area contributed by atoms with Crippen LogP contribution in [-0.4, -0.2) is 89.5 Å². The number of hydrogen-bond donors (Lipinski definition) is 1. The highest BCUT2D eigenvalue weighted by atomic mass is 16.5. The zero-order valence-electron chi connectivity index (χ0n) is 24.3. The Morgan fingerprint density at radius 3 is 2.49 bits per heavy atom. The lowest BCUT2D eigenvalue weighted by atomic mass is 9.83. The lowest BCUT2D eigenvalue weighted by molar-refractivity contribution is -0.144. The fourth-order valence-corrected chi connectivity index (χ4v) is 6.51. The lowest BCUT2D eigenvalue weighted by Crippen LogP contribution is -2.46. The van der Waals surface area contributed by atoms with Gasteiger partial charge >= 0.3 is 5.97 Å². The second-order valence-electron chi connectivity index (χ2n) is 12.2. The van der Waals surface area contributed by atoms with Crippen molar-refractivity contribution >= 4 is 17.8 Å². The number of carboxylic acid groups (broad SMARTS) is 1. The topological polar surface area (TPSA) is 90.4 Å². The maximum Gasteiger partial charge on any atom is 0.308 e. The van der Waals surface area contributed by atoms with Gasteiger partial charge in [-0.15, -0.1) is 0 Å². The van der Waals surface area contributed by atoms with Gasteiger partial charge in [-0.2, -0.15) is 0 Å². The summed E-state index contributed by atoms with van der Waals surface area (Å²) >= 11 is 0. The van der Waals surface area contributed by atoms with E-state index in [-0.39, 0.29) is 35.7 Å². The number of unbranched alkanes of at least 4 members (excludes halogenated alkanes) is 2. The molecule has 3 aliphatic rings. The van der Waals surface area contributed by atoms with E-state index in [0.29, 0.717) is 32.7 Å². The van der Waals surface area contributed by atoms with Crippen LogP contribution < -0.4 is 4.74 Å². The third kappa shape index (κ3) is 6.59. The molecule has 1 aromatic rings. The molecule has 2 saturated heterocycles. The molecule has 3 atom stereocenters. The molecule has 0 bridgehead atoms. The van der Waals surface area contributed by atoms with Crippen molar-refractivity contribution in [3.8, 4) is 5.75 Å². The summed E-state index contributed by atoms with van der Waals surface area (Å²) in [6.45, 7) is 12.3. The summed E-state index contributed by atoms with van der Waals surface area (Å²) in [5, 5.41) is 10.5. The average molecular weight is 542 g/mol. The number of ether oxygens (including phenoxy) is 1. The summed E-state index contributed by atoms with van der Waals surface area (Å²) in [7, 11) is 0. The Bertz CT molecular complexity index is 1030. The van der Waals surface area contributed by atoms with Gasteiger partial charge in [-0.05, 0) is 42.9 Å². The molecule has 8 heteroatoms. The molecular weight excluding hydrogens is 494 g/mol. The van der Waals surface area contributed by atoms with E-state index in [0.717, 1.165) is 68.5 Å². The Morgan fingerprint density at radius 1 is 1.15 bits per heavy atom. The largest absolute Gasteiger partial charge is 0.493 e. The average Bonchev–Trinajstić information content (AvgIpc) is 3.58. The van der Waals surface area contributed by atoms with Crippen molar-refractivity contribution in [3.05, 3.63) is 29.3 Å². The van der Waals surface area contributed by atoms with Gasteiger partial charge in [-0.1, -0.05) is 52.7 Å². The Balaban J connectivity index is 1.58. The summed E-state index contributed by atoms with van der Waals surface area (Å²) < 4.78 is 5.68. The number of rotatable bonds is 13. The zero-order valence-corrected chi connectivity index (χ0v) is 24.3. The molecule has 2 amide bonds. The molecule has 8 nitrogen and oxygen atoms in total. The number of nitrogens with zero attached hydrogens (tertiary/aromatic N) is 3. The van der Waals surface area contributed by atoms with Gasteiger partial charge in [0.15, 0.2) is 0 Å². The fraction of sp³-hybridized carbons (Fsp3) is 0.710. The van der Waals surface area contributed by atoms with E-state index in [9.17, 15) is 19.5 Å². The second kappa shape index (κ2) is 12.7. The standard InChI is InChI=1S/C31H47N3O5/c1-5-7-14-32(15-8-6-2)27(35)21-34-20-24(22-9-10-26-23(19-22)12-18-39-26)28(29(36)37)25(34)11-16-33-17-13-31(3,4)30(33)38/h9-10,19,24-25,28H,5-8,11-18,20-21H2,1-4H3,(H,36,37)/t24-,25+,28-/m1/s1. The molecule has 4 rings (SSSR count). The predicted octanol–water partition coefficient (Wildman–Crippen LogP) is 4.17. The molecule has 216 valence electrons. The summed E-state index contributed by atoms with van der Waals surface area (Å²) in [6, 6.07) is 5.74. The molecular formula is C31H47N3O5. The van der Waals surface area contributed by atoms with Gasteiger partial charge in [-0.3, -0.25) is 19.3 Å². The number of benzene rings is 1. The molecule has 1 N–H and O–H groups in total. The van der Waals surface area contributed by atoms with Crippen molar-refractivity contribution in [2.75, 3.05) is 45.9 Å². The van der Waals surface area contributed by atoms with E-state index in [1.54, 1.807) is 0 Å². The minimum Gasteiger partial charge on any atom is -0.493 e. The zero-order chi connectivity index (χ0) is 28.2. The highest BCUT2D eigenvalue weighted by Crippen LogP contribution is 2.41. The van der Waals surface area contributed by atoms with Crippen molar-refractivity contribution in [1.82, 2.24) is 14.7 Å². The second-order valence-corrected chi connectivity index (χ2v) is 12.2. The van der Waals surface area contributed by atoms with Gasteiger partial charge in [0.25, 0.3) is 0 Å². The molecule has 0 saturated carbocycles. The van der Waals surface area contributed by atoms with Crippen LogP contribution in [-0.2, 0) is 20.8 Å². The normalized spacial score (nSPS) is 24.2. The first-order valence-electron chi connectivity index (χ1n) is 15.0. The monoisotopic (exact) mass is 541 g/mol. The van der Waals surface area contributed by atoms with Crippen LogP contribution in [0.2, 0.25) is 0 Å². The van der Waals surface area contributed by atoms with Crippen LogP contribution in [0.5, 0.6) is 5.75 Å². The molecule has 0 aromatic heterocycles. The van der Waals surface area contributed by atoms with Gasteiger partial charge in [0.2, 0.25) is 11.8 Å². The van der Waals surface area contributed by atoms with Gasteiger partial charge in [-0.25, -0.2) is 0 Å². The third-order valence-electron chi connectivity index (χ3n) is 9.00. The first kappa shape index (κ1) is 29.4. The van der Waals surface area contributed by atoms with E-state index in [2.05, 4.69) is 24.8 Å². The summed E-state index contributed by atoms with van der Waals surface area (Å²) in [5.41, 5.74) is 1.75. The molecule has 1 aromatic carbocycles. The fourth-order valence-electron chi connectivity index (χ4n) is 6.51. The summed E-state index contributed by atoms with van der Waals surface area (Å²) in [6.07, 6.45) is 6.15. The summed E-state index contributed by atoms with van der Waals surface area (Å²) in [4.78, 5) is 45.3. The highest BCUT2D eigenvalue weighted by molar-refractivity contribution is 5.84. The molecule has 39 heavy (non-hydrogen) atoms. The van der Waals surface area contributed by atoms with E-state index in [4.69, 9.17) is 4.74 Å². The number of fused-ring (bicyclic) bond motifs is 1. The van der Waals surface area contributed by atoms with Gasteiger partial charge in [0.1, 0.15) is 5.75 Å². The van der Waals surface area contributed by atoms with Crippen LogP contribution in [0.1, 0.15) is 83.3 Å². The molecule has 0 radical (unpaired) electrons. The Morgan fingerprint density at radius 2 is 1.87 bits per heavy atom. The van der Waals surface area contributed by atoms with Crippen LogP contribution >= 0.6 is 0 Å². The van der Waals surface area contributed by atoms with Crippen molar-refractivity contribution in [2.24, 2.45) is 11.3 Å². The van der Waals surface area contributed by atoms with E-state index >= 15 is 0 Å². The quantitative estimate of drug-likeness (QED) is 0.403. The minimum atomic E-state index is -0.835. The van der Waals surface area contributed by atoms with Crippen molar-refractivity contribution in [1.29, 1.82) is 0 Å². The molecule has 3 heterocycles. The van der Waals surface area contributed by atoms with Crippen LogP contribution in [0, 0.1) is 11.3 Å². The smallest absolute Gasteiger partial charge is 0.308 e.